The van der Waals surface area contributed by atoms with E-state index in [9.17, 15) is 13.2 Å². The number of benzene rings is 2. The van der Waals surface area contributed by atoms with Crippen molar-refractivity contribution in [2.45, 2.75) is 5.75 Å². The van der Waals surface area contributed by atoms with Crippen LogP contribution in [-0.2, 0) is 20.4 Å². The van der Waals surface area contributed by atoms with E-state index >= 15 is 0 Å². The summed E-state index contributed by atoms with van der Waals surface area (Å²) in [6.45, 7) is 0.402. The van der Waals surface area contributed by atoms with Crippen LogP contribution in [0.2, 0.25) is 5.02 Å². The molecule has 24 heavy (non-hydrogen) atoms. The van der Waals surface area contributed by atoms with Crippen LogP contribution in [0.4, 0.5) is 0 Å². The normalized spacial score (nSPS) is 11.0. The summed E-state index contributed by atoms with van der Waals surface area (Å²) in [7, 11) is -3.50. The van der Waals surface area contributed by atoms with Crippen LogP contribution in [0.5, 0.6) is 5.75 Å². The number of para-hydroxylation sites is 1. The second-order valence-corrected chi connectivity index (χ2v) is 7.62. The molecule has 0 aliphatic carbocycles. The van der Waals surface area contributed by atoms with Crippen molar-refractivity contribution in [2.75, 3.05) is 18.9 Å². The van der Waals surface area contributed by atoms with E-state index in [2.05, 4.69) is 5.32 Å². The summed E-state index contributed by atoms with van der Waals surface area (Å²) < 4.78 is 29.4. The maximum absolute atomic E-state index is 12.0. The first kappa shape index (κ1) is 18.3. The van der Waals surface area contributed by atoms with Crippen LogP contribution in [0, 0.1) is 0 Å². The van der Waals surface area contributed by atoms with Gasteiger partial charge in [0.15, 0.2) is 9.84 Å². The summed E-state index contributed by atoms with van der Waals surface area (Å²) in [4.78, 5) is 11.8. The maximum Gasteiger partial charge on any atom is 0.235 e. The molecule has 0 bridgehead atoms. The van der Waals surface area contributed by atoms with Crippen LogP contribution >= 0.6 is 11.6 Å². The lowest BCUT2D eigenvalue weighted by molar-refractivity contribution is -0.118. The Bertz CT molecular complexity index is 778. The van der Waals surface area contributed by atoms with E-state index in [0.717, 1.165) is 0 Å². The molecule has 0 radical (unpaired) electrons. The molecule has 0 aliphatic rings. The van der Waals surface area contributed by atoms with Crippen molar-refractivity contribution in [3.63, 3.8) is 0 Å². The Morgan fingerprint density at radius 3 is 2.42 bits per heavy atom. The number of hydrogen-bond donors (Lipinski definition) is 1. The van der Waals surface area contributed by atoms with Crippen molar-refractivity contribution in [3.8, 4) is 5.75 Å². The number of rotatable bonds is 8. The van der Waals surface area contributed by atoms with Gasteiger partial charge in [0.1, 0.15) is 18.1 Å². The molecule has 0 saturated carbocycles. The topological polar surface area (TPSA) is 72.5 Å². The Morgan fingerprint density at radius 2 is 1.71 bits per heavy atom. The summed E-state index contributed by atoms with van der Waals surface area (Å²) in [5, 5.41) is 3.01. The molecule has 2 aromatic carbocycles. The maximum atomic E-state index is 12.0. The van der Waals surface area contributed by atoms with Gasteiger partial charge in [-0.05, 0) is 17.7 Å². The predicted octanol–water partition coefficient (Wildman–Crippen LogP) is 2.45. The number of carbonyl (C=O) groups excluding carboxylic acids is 1. The summed E-state index contributed by atoms with van der Waals surface area (Å²) in [5.74, 6) is -0.732. The van der Waals surface area contributed by atoms with E-state index in [1.807, 2.05) is 6.07 Å². The van der Waals surface area contributed by atoms with Gasteiger partial charge in [-0.25, -0.2) is 8.42 Å². The standard InChI is InChI=1S/C17H18ClNO4S/c18-15-8-4-5-9-16(15)23-11-10-19-17(20)13-24(21,22)12-14-6-2-1-3-7-14/h1-9H,10-13H2,(H,19,20). The summed E-state index contributed by atoms with van der Waals surface area (Å²) in [6, 6.07) is 15.8. The second-order valence-electron chi connectivity index (χ2n) is 5.15. The average molecular weight is 368 g/mol. The van der Waals surface area contributed by atoms with Crippen LogP contribution in [-0.4, -0.2) is 33.2 Å². The summed E-state index contributed by atoms with van der Waals surface area (Å²) in [5.41, 5.74) is 0.660. The lowest BCUT2D eigenvalue weighted by atomic mass is 10.2. The second kappa shape index (κ2) is 8.70. The van der Waals surface area contributed by atoms with Crippen LogP contribution in [0.1, 0.15) is 5.56 Å². The molecular weight excluding hydrogens is 350 g/mol. The summed E-state index contributed by atoms with van der Waals surface area (Å²) >= 11 is 5.94. The minimum atomic E-state index is -3.50. The Hall–Kier alpha value is -2.05. The van der Waals surface area contributed by atoms with Crippen LogP contribution in [0.25, 0.3) is 0 Å². The van der Waals surface area contributed by atoms with Gasteiger partial charge < -0.3 is 10.1 Å². The van der Waals surface area contributed by atoms with E-state index in [-0.39, 0.29) is 18.9 Å². The molecule has 0 spiro atoms. The Balaban J connectivity index is 1.74. The van der Waals surface area contributed by atoms with Gasteiger partial charge in [-0.15, -0.1) is 0 Å². The average Bonchev–Trinajstić information content (AvgIpc) is 2.53. The first-order valence-electron chi connectivity index (χ1n) is 7.35. The van der Waals surface area contributed by atoms with Crippen molar-refractivity contribution in [2.24, 2.45) is 0 Å². The minimum absolute atomic E-state index is 0.155. The molecule has 128 valence electrons. The third kappa shape index (κ3) is 6.22. The summed E-state index contributed by atoms with van der Waals surface area (Å²) in [6.07, 6.45) is 0. The zero-order valence-electron chi connectivity index (χ0n) is 12.9. The zero-order chi connectivity index (χ0) is 17.4. The van der Waals surface area contributed by atoms with Crippen LogP contribution < -0.4 is 10.1 Å². The molecule has 0 heterocycles. The van der Waals surface area contributed by atoms with Gasteiger partial charge in [0.25, 0.3) is 0 Å². The lowest BCUT2D eigenvalue weighted by Gasteiger charge is -2.09. The Labute approximate surface area is 146 Å². The molecule has 1 N–H and O–H groups in total. The lowest BCUT2D eigenvalue weighted by Crippen LogP contribution is -2.33. The van der Waals surface area contributed by atoms with Crippen LogP contribution in [0.15, 0.2) is 54.6 Å². The predicted molar refractivity (Wildman–Crippen MR) is 93.9 cm³/mol. The first-order chi connectivity index (χ1) is 11.5. The van der Waals surface area contributed by atoms with Crippen LogP contribution in [0.3, 0.4) is 0 Å². The van der Waals surface area contributed by atoms with Crippen molar-refractivity contribution >= 4 is 27.3 Å². The highest BCUT2D eigenvalue weighted by Crippen LogP contribution is 2.22. The molecule has 0 atom stereocenters. The fraction of sp³-hybridized carbons (Fsp3) is 0.235. The minimum Gasteiger partial charge on any atom is -0.490 e. The molecule has 0 fully saturated rings. The fourth-order valence-electron chi connectivity index (χ4n) is 2.04. The highest BCUT2D eigenvalue weighted by molar-refractivity contribution is 7.91. The third-order valence-electron chi connectivity index (χ3n) is 3.10. The zero-order valence-corrected chi connectivity index (χ0v) is 14.5. The number of carbonyl (C=O) groups is 1. The highest BCUT2D eigenvalue weighted by Gasteiger charge is 2.17. The van der Waals surface area contributed by atoms with Crippen molar-refractivity contribution in [1.29, 1.82) is 0 Å². The SMILES string of the molecule is O=C(CS(=O)(=O)Cc1ccccc1)NCCOc1ccccc1Cl. The van der Waals surface area contributed by atoms with Gasteiger partial charge >= 0.3 is 0 Å². The number of amides is 1. The smallest absolute Gasteiger partial charge is 0.235 e. The molecule has 0 unspecified atom stereocenters. The van der Waals surface area contributed by atoms with E-state index in [4.69, 9.17) is 16.3 Å². The largest absolute Gasteiger partial charge is 0.490 e. The molecule has 1 amide bonds. The van der Waals surface area contributed by atoms with Gasteiger partial charge in [0, 0.05) is 0 Å². The van der Waals surface area contributed by atoms with Crippen molar-refractivity contribution < 1.29 is 17.9 Å². The number of ether oxygens (including phenoxy) is 1. The van der Waals surface area contributed by atoms with E-state index in [1.165, 1.54) is 0 Å². The number of hydrogen-bond acceptors (Lipinski definition) is 4. The fourth-order valence-corrected chi connectivity index (χ4v) is 3.54. The Kier molecular flexibility index (Phi) is 6.63. The molecule has 0 aliphatic heterocycles. The van der Waals surface area contributed by atoms with Gasteiger partial charge in [0.2, 0.25) is 5.91 Å². The first-order valence-corrected chi connectivity index (χ1v) is 9.54. The quantitative estimate of drug-likeness (QED) is 0.727. The van der Waals surface area contributed by atoms with E-state index < -0.39 is 21.5 Å². The number of nitrogens with one attached hydrogen (secondary N) is 1. The highest BCUT2D eigenvalue weighted by atomic mass is 35.5. The van der Waals surface area contributed by atoms with E-state index in [1.54, 1.807) is 48.5 Å². The number of halogens is 1. The van der Waals surface area contributed by atoms with Gasteiger partial charge in [0.05, 0.1) is 17.3 Å². The molecule has 0 aromatic heterocycles. The number of sulfone groups is 1. The van der Waals surface area contributed by atoms with Crippen molar-refractivity contribution in [3.05, 3.63) is 65.2 Å². The molecule has 0 saturated heterocycles. The third-order valence-corrected chi connectivity index (χ3v) is 4.89. The van der Waals surface area contributed by atoms with Gasteiger partial charge in [-0.3, -0.25) is 4.79 Å². The molecule has 5 nitrogen and oxygen atoms in total. The van der Waals surface area contributed by atoms with Crippen molar-refractivity contribution in [1.82, 2.24) is 5.32 Å². The van der Waals surface area contributed by atoms with Gasteiger partial charge in [-0.1, -0.05) is 54.1 Å². The van der Waals surface area contributed by atoms with Gasteiger partial charge in [-0.2, -0.15) is 0 Å². The molecule has 2 aromatic rings. The molecule has 2 rings (SSSR count). The van der Waals surface area contributed by atoms with E-state index in [0.29, 0.717) is 16.3 Å². The Morgan fingerprint density at radius 1 is 1.04 bits per heavy atom. The molecule has 7 heteroatoms. The monoisotopic (exact) mass is 367 g/mol. The molecular formula is C17H18ClNO4S.